The van der Waals surface area contributed by atoms with Crippen molar-refractivity contribution in [3.8, 4) is 5.75 Å². The van der Waals surface area contributed by atoms with Gasteiger partial charge in [-0.1, -0.05) is 29.3 Å². The summed E-state index contributed by atoms with van der Waals surface area (Å²) in [6, 6.07) is 3.03. The van der Waals surface area contributed by atoms with Gasteiger partial charge >= 0.3 is 5.69 Å². The zero-order chi connectivity index (χ0) is 14.6. The standard InChI is InChI=1S/C13H18BrNO4/c1-4-5-8(2)19-13-11(9(3)16)6-10(14)7-12(13)15(17)18/h6-9,16H,4-5H2,1-3H3. The monoisotopic (exact) mass is 331 g/mol. The lowest BCUT2D eigenvalue weighted by atomic mass is 10.1. The lowest BCUT2D eigenvalue weighted by molar-refractivity contribution is -0.386. The van der Waals surface area contributed by atoms with Crippen LogP contribution in [0.25, 0.3) is 0 Å². The molecule has 2 atom stereocenters. The predicted octanol–water partition coefficient (Wildman–Crippen LogP) is 3.98. The van der Waals surface area contributed by atoms with Crippen LogP contribution in [0.4, 0.5) is 5.69 Å². The van der Waals surface area contributed by atoms with Crippen molar-refractivity contribution >= 4 is 21.6 Å². The second-order valence-corrected chi connectivity index (χ2v) is 5.41. The third kappa shape index (κ3) is 4.18. The van der Waals surface area contributed by atoms with Crippen LogP contribution < -0.4 is 4.74 Å². The van der Waals surface area contributed by atoms with Gasteiger partial charge in [-0.3, -0.25) is 10.1 Å². The molecule has 19 heavy (non-hydrogen) atoms. The highest BCUT2D eigenvalue weighted by molar-refractivity contribution is 9.10. The van der Waals surface area contributed by atoms with E-state index in [1.54, 1.807) is 13.0 Å². The van der Waals surface area contributed by atoms with E-state index in [1.807, 2.05) is 13.8 Å². The van der Waals surface area contributed by atoms with Gasteiger partial charge in [0.15, 0.2) is 0 Å². The largest absolute Gasteiger partial charge is 0.484 e. The molecule has 0 aliphatic rings. The Hall–Kier alpha value is -1.14. The first kappa shape index (κ1) is 15.9. The molecule has 0 aliphatic heterocycles. The van der Waals surface area contributed by atoms with Gasteiger partial charge in [0.1, 0.15) is 0 Å². The minimum absolute atomic E-state index is 0.131. The number of halogens is 1. The quantitative estimate of drug-likeness (QED) is 0.632. The van der Waals surface area contributed by atoms with Crippen molar-refractivity contribution in [2.75, 3.05) is 0 Å². The van der Waals surface area contributed by atoms with E-state index in [4.69, 9.17) is 4.74 Å². The summed E-state index contributed by atoms with van der Waals surface area (Å²) >= 11 is 3.21. The van der Waals surface area contributed by atoms with Crippen LogP contribution in [0.1, 0.15) is 45.3 Å². The number of hydrogen-bond acceptors (Lipinski definition) is 4. The summed E-state index contributed by atoms with van der Waals surface area (Å²) in [5, 5.41) is 20.9. The van der Waals surface area contributed by atoms with Gasteiger partial charge in [-0.15, -0.1) is 0 Å². The van der Waals surface area contributed by atoms with Crippen molar-refractivity contribution < 1.29 is 14.8 Å². The van der Waals surface area contributed by atoms with Crippen molar-refractivity contribution in [3.05, 3.63) is 32.3 Å². The lowest BCUT2D eigenvalue weighted by Gasteiger charge is -2.18. The molecule has 0 saturated heterocycles. The smallest absolute Gasteiger partial charge is 0.312 e. The first-order chi connectivity index (χ1) is 8.86. The number of aliphatic hydroxyl groups excluding tert-OH is 1. The molecule has 2 unspecified atom stereocenters. The third-order valence-electron chi connectivity index (χ3n) is 2.72. The average Bonchev–Trinajstić information content (AvgIpc) is 2.30. The summed E-state index contributed by atoms with van der Waals surface area (Å²) in [5.74, 6) is 0.157. The van der Waals surface area contributed by atoms with Gasteiger partial charge in [0.2, 0.25) is 5.75 Å². The summed E-state index contributed by atoms with van der Waals surface area (Å²) in [6.07, 6.45) is 0.754. The molecule has 1 aromatic rings. The van der Waals surface area contributed by atoms with Crippen LogP contribution in [0.15, 0.2) is 16.6 Å². The van der Waals surface area contributed by atoms with Crippen LogP contribution in [0.3, 0.4) is 0 Å². The maximum Gasteiger partial charge on any atom is 0.312 e. The molecule has 0 bridgehead atoms. The minimum atomic E-state index is -0.833. The fourth-order valence-corrected chi connectivity index (χ4v) is 2.30. The van der Waals surface area contributed by atoms with E-state index < -0.39 is 11.0 Å². The molecule has 0 spiro atoms. The highest BCUT2D eigenvalue weighted by Crippen LogP contribution is 2.38. The normalized spacial score (nSPS) is 13.9. The Morgan fingerprint density at radius 3 is 2.58 bits per heavy atom. The molecular formula is C13H18BrNO4. The van der Waals surface area contributed by atoms with E-state index in [9.17, 15) is 15.2 Å². The van der Waals surface area contributed by atoms with E-state index in [-0.39, 0.29) is 17.5 Å². The van der Waals surface area contributed by atoms with Gasteiger partial charge in [0.05, 0.1) is 17.1 Å². The van der Waals surface area contributed by atoms with Crippen LogP contribution >= 0.6 is 15.9 Å². The van der Waals surface area contributed by atoms with E-state index in [2.05, 4.69) is 15.9 Å². The Balaban J connectivity index is 3.27. The molecule has 6 heteroatoms. The van der Waals surface area contributed by atoms with Crippen molar-refractivity contribution in [3.63, 3.8) is 0 Å². The van der Waals surface area contributed by atoms with Gasteiger partial charge < -0.3 is 9.84 Å². The summed E-state index contributed by atoms with van der Waals surface area (Å²) in [6.45, 7) is 5.44. The summed E-state index contributed by atoms with van der Waals surface area (Å²) in [7, 11) is 0. The number of nitrogens with zero attached hydrogens (tertiary/aromatic N) is 1. The molecule has 1 aromatic carbocycles. The topological polar surface area (TPSA) is 72.6 Å². The molecule has 0 aliphatic carbocycles. The highest BCUT2D eigenvalue weighted by atomic mass is 79.9. The fourth-order valence-electron chi connectivity index (χ4n) is 1.84. The lowest BCUT2D eigenvalue weighted by Crippen LogP contribution is -2.14. The van der Waals surface area contributed by atoms with Crippen molar-refractivity contribution in [2.24, 2.45) is 0 Å². The Morgan fingerprint density at radius 1 is 1.47 bits per heavy atom. The molecule has 1 N–H and O–H groups in total. The highest BCUT2D eigenvalue weighted by Gasteiger charge is 2.24. The number of ether oxygens (including phenoxy) is 1. The molecule has 0 saturated carbocycles. The number of hydrogen-bond donors (Lipinski definition) is 1. The van der Waals surface area contributed by atoms with Gasteiger partial charge in [-0.05, 0) is 26.3 Å². The Morgan fingerprint density at radius 2 is 2.11 bits per heavy atom. The minimum Gasteiger partial charge on any atom is -0.484 e. The van der Waals surface area contributed by atoms with Crippen LogP contribution in [-0.4, -0.2) is 16.1 Å². The van der Waals surface area contributed by atoms with Gasteiger partial charge in [-0.2, -0.15) is 0 Å². The number of nitro groups is 1. The average molecular weight is 332 g/mol. The van der Waals surface area contributed by atoms with Crippen LogP contribution in [0.5, 0.6) is 5.75 Å². The Kier molecular flexibility index (Phi) is 5.75. The van der Waals surface area contributed by atoms with Gasteiger partial charge in [0.25, 0.3) is 0 Å². The van der Waals surface area contributed by atoms with E-state index in [0.717, 1.165) is 12.8 Å². The maximum absolute atomic E-state index is 11.1. The molecule has 0 heterocycles. The predicted molar refractivity (Wildman–Crippen MR) is 76.4 cm³/mol. The Labute approximate surface area is 120 Å². The number of benzene rings is 1. The third-order valence-corrected chi connectivity index (χ3v) is 3.18. The number of aliphatic hydroxyl groups is 1. The van der Waals surface area contributed by atoms with Crippen LogP contribution in [0.2, 0.25) is 0 Å². The summed E-state index contributed by atoms with van der Waals surface area (Å²) in [4.78, 5) is 10.6. The Bertz CT molecular complexity index is 462. The van der Waals surface area contributed by atoms with E-state index in [0.29, 0.717) is 10.0 Å². The molecule has 0 fully saturated rings. The second kappa shape index (κ2) is 6.86. The zero-order valence-electron chi connectivity index (χ0n) is 11.2. The van der Waals surface area contributed by atoms with Crippen molar-refractivity contribution in [1.29, 1.82) is 0 Å². The van der Waals surface area contributed by atoms with E-state index in [1.165, 1.54) is 6.07 Å². The molecule has 0 amide bonds. The first-order valence-corrected chi connectivity index (χ1v) is 6.98. The number of nitro benzene ring substituents is 1. The second-order valence-electron chi connectivity index (χ2n) is 4.49. The molecule has 0 radical (unpaired) electrons. The molecule has 5 nitrogen and oxygen atoms in total. The summed E-state index contributed by atoms with van der Waals surface area (Å²) < 4.78 is 6.22. The number of rotatable bonds is 6. The molecule has 106 valence electrons. The van der Waals surface area contributed by atoms with E-state index >= 15 is 0 Å². The van der Waals surface area contributed by atoms with Crippen molar-refractivity contribution in [1.82, 2.24) is 0 Å². The SMILES string of the molecule is CCCC(C)Oc1c(C(C)O)cc(Br)cc1[N+](=O)[O-]. The maximum atomic E-state index is 11.1. The van der Waals surface area contributed by atoms with Crippen molar-refractivity contribution in [2.45, 2.75) is 45.8 Å². The molecular weight excluding hydrogens is 314 g/mol. The first-order valence-electron chi connectivity index (χ1n) is 6.19. The molecule has 0 aromatic heterocycles. The van der Waals surface area contributed by atoms with Gasteiger partial charge in [0, 0.05) is 16.1 Å². The molecule has 1 rings (SSSR count). The van der Waals surface area contributed by atoms with Crippen LogP contribution in [0, 0.1) is 10.1 Å². The van der Waals surface area contributed by atoms with Crippen LogP contribution in [-0.2, 0) is 0 Å². The summed E-state index contributed by atoms with van der Waals surface area (Å²) in [5.41, 5.74) is 0.289. The zero-order valence-corrected chi connectivity index (χ0v) is 12.8. The van der Waals surface area contributed by atoms with Gasteiger partial charge in [-0.25, -0.2) is 0 Å². The fraction of sp³-hybridized carbons (Fsp3) is 0.538.